The summed E-state index contributed by atoms with van der Waals surface area (Å²) in [6, 6.07) is 5.43. The van der Waals surface area contributed by atoms with Gasteiger partial charge < -0.3 is 14.4 Å². The standard InChI is InChI=1S/C24H30N4O6S3/c1-15-8-10-35-21(15)7-6-9-28(24(30)17-11-19(33-4)16(2)20(12-17)34-5)13-22-26-18(14-36-22)23(29)27-37(31,32)25-3/h8,10-12,14,25H,6-7,9,13H2,1-5H3,(H,27,29). The number of aryl methyl sites for hydroxylation is 2. The second-order valence-corrected chi connectivity index (χ2v) is 11.7. The van der Waals surface area contributed by atoms with Crippen LogP contribution in [-0.2, 0) is 23.2 Å². The lowest BCUT2D eigenvalue weighted by Gasteiger charge is -2.23. The Morgan fingerprint density at radius 2 is 1.78 bits per heavy atom. The van der Waals surface area contributed by atoms with Gasteiger partial charge in [0.25, 0.3) is 11.8 Å². The molecule has 2 aromatic heterocycles. The van der Waals surface area contributed by atoms with E-state index in [4.69, 9.17) is 9.47 Å². The summed E-state index contributed by atoms with van der Waals surface area (Å²) in [6.45, 7) is 4.51. The van der Waals surface area contributed by atoms with E-state index >= 15 is 0 Å². The summed E-state index contributed by atoms with van der Waals surface area (Å²) in [7, 11) is 0.307. The largest absolute Gasteiger partial charge is 0.496 e. The molecule has 0 aliphatic heterocycles. The Bertz CT molecular complexity index is 1340. The molecule has 2 N–H and O–H groups in total. The molecule has 0 spiro atoms. The SMILES string of the molecule is CNS(=O)(=O)NC(=O)c1csc(CN(CCCc2sccc2C)C(=O)c2cc(OC)c(C)c(OC)c2)n1. The maximum atomic E-state index is 13.7. The summed E-state index contributed by atoms with van der Waals surface area (Å²) in [5.74, 6) is -0.0130. The van der Waals surface area contributed by atoms with Gasteiger partial charge in [0.2, 0.25) is 0 Å². The van der Waals surface area contributed by atoms with Crippen LogP contribution in [0.2, 0.25) is 0 Å². The van der Waals surface area contributed by atoms with E-state index in [1.165, 1.54) is 48.4 Å². The molecule has 3 aromatic rings. The third-order valence-corrected chi connectivity index (χ3v) is 8.60. The first kappa shape index (κ1) is 28.6. The molecule has 0 aliphatic carbocycles. The van der Waals surface area contributed by atoms with Gasteiger partial charge in [-0.05, 0) is 55.8 Å². The Hall–Kier alpha value is -3.00. The fourth-order valence-corrected chi connectivity index (χ4v) is 5.80. The number of hydrogen-bond acceptors (Lipinski definition) is 9. The van der Waals surface area contributed by atoms with Crippen molar-refractivity contribution >= 4 is 44.7 Å². The van der Waals surface area contributed by atoms with Crippen LogP contribution in [0.3, 0.4) is 0 Å². The number of nitrogens with one attached hydrogen (secondary N) is 2. The second-order valence-electron chi connectivity index (χ2n) is 8.13. The Labute approximate surface area is 224 Å². The van der Waals surface area contributed by atoms with Crippen LogP contribution in [0.25, 0.3) is 0 Å². The van der Waals surface area contributed by atoms with Crippen LogP contribution in [0.5, 0.6) is 11.5 Å². The zero-order valence-electron chi connectivity index (χ0n) is 21.3. The van der Waals surface area contributed by atoms with Gasteiger partial charge >= 0.3 is 10.2 Å². The molecule has 3 rings (SSSR count). The molecule has 200 valence electrons. The molecule has 0 saturated heterocycles. The molecule has 0 unspecified atom stereocenters. The fraction of sp³-hybridized carbons (Fsp3) is 0.375. The van der Waals surface area contributed by atoms with Crippen LogP contribution in [0, 0.1) is 13.8 Å². The molecule has 0 aliphatic rings. The molecule has 1 aromatic carbocycles. The van der Waals surface area contributed by atoms with Gasteiger partial charge in [0.15, 0.2) is 0 Å². The number of ether oxygens (including phenoxy) is 2. The number of hydrogen-bond donors (Lipinski definition) is 2. The molecule has 10 nitrogen and oxygen atoms in total. The molecule has 2 amide bonds. The van der Waals surface area contributed by atoms with Gasteiger partial charge in [0.1, 0.15) is 22.2 Å². The van der Waals surface area contributed by atoms with Crippen molar-refractivity contribution in [3.05, 3.63) is 61.2 Å². The highest BCUT2D eigenvalue weighted by atomic mass is 32.2. The van der Waals surface area contributed by atoms with E-state index in [9.17, 15) is 18.0 Å². The number of amides is 2. The highest BCUT2D eigenvalue weighted by Crippen LogP contribution is 2.30. The van der Waals surface area contributed by atoms with Gasteiger partial charge in [-0.1, -0.05) is 0 Å². The number of carbonyl (C=O) groups excluding carboxylic acids is 2. The van der Waals surface area contributed by atoms with Crippen LogP contribution in [0.4, 0.5) is 0 Å². The zero-order valence-corrected chi connectivity index (χ0v) is 23.7. The normalized spacial score (nSPS) is 11.3. The predicted molar refractivity (Wildman–Crippen MR) is 144 cm³/mol. The lowest BCUT2D eigenvalue weighted by molar-refractivity contribution is 0.0740. The van der Waals surface area contributed by atoms with Crippen LogP contribution in [-0.4, -0.2) is 57.9 Å². The minimum absolute atomic E-state index is 0.0425. The number of carbonyl (C=O) groups is 2. The summed E-state index contributed by atoms with van der Waals surface area (Å²) >= 11 is 2.86. The van der Waals surface area contributed by atoms with Crippen molar-refractivity contribution in [1.29, 1.82) is 0 Å². The molecular formula is C24H30N4O6S3. The van der Waals surface area contributed by atoms with Crippen molar-refractivity contribution in [2.24, 2.45) is 0 Å². The van der Waals surface area contributed by atoms with Gasteiger partial charge in [-0.3, -0.25) is 9.59 Å². The monoisotopic (exact) mass is 566 g/mol. The molecule has 13 heteroatoms. The summed E-state index contributed by atoms with van der Waals surface area (Å²) in [4.78, 5) is 33.1. The topological polar surface area (TPSA) is 127 Å². The zero-order chi connectivity index (χ0) is 27.2. The number of thiophene rings is 1. The van der Waals surface area contributed by atoms with Crippen molar-refractivity contribution in [3.8, 4) is 11.5 Å². The van der Waals surface area contributed by atoms with E-state index in [0.717, 1.165) is 18.4 Å². The number of aromatic nitrogens is 1. The second kappa shape index (κ2) is 12.5. The van der Waals surface area contributed by atoms with E-state index in [1.54, 1.807) is 28.4 Å². The van der Waals surface area contributed by atoms with Crippen molar-refractivity contribution in [1.82, 2.24) is 19.3 Å². The number of thiazole rings is 1. The summed E-state index contributed by atoms with van der Waals surface area (Å²) < 4.78 is 38.1. The highest BCUT2D eigenvalue weighted by Gasteiger charge is 2.22. The van der Waals surface area contributed by atoms with Crippen molar-refractivity contribution < 1.29 is 27.5 Å². The summed E-state index contributed by atoms with van der Waals surface area (Å²) in [5, 5.41) is 4.01. The average molecular weight is 567 g/mol. The summed E-state index contributed by atoms with van der Waals surface area (Å²) in [5.41, 5.74) is 2.37. The van der Waals surface area contributed by atoms with E-state index in [0.29, 0.717) is 28.6 Å². The predicted octanol–water partition coefficient (Wildman–Crippen LogP) is 3.31. The van der Waals surface area contributed by atoms with Crippen LogP contribution in [0.1, 0.15) is 48.3 Å². The van der Waals surface area contributed by atoms with Crippen LogP contribution >= 0.6 is 22.7 Å². The fourth-order valence-electron chi connectivity index (χ4n) is 3.61. The van der Waals surface area contributed by atoms with Gasteiger partial charge in [-0.25, -0.2) is 14.4 Å². The molecule has 0 radical (unpaired) electrons. The number of benzene rings is 1. The minimum Gasteiger partial charge on any atom is -0.496 e. The third-order valence-electron chi connectivity index (χ3n) is 5.69. The van der Waals surface area contributed by atoms with E-state index < -0.39 is 16.1 Å². The van der Waals surface area contributed by atoms with Crippen molar-refractivity contribution in [3.63, 3.8) is 0 Å². The number of rotatable bonds is 12. The first-order valence-electron chi connectivity index (χ1n) is 11.3. The van der Waals surface area contributed by atoms with Crippen LogP contribution in [0.15, 0.2) is 29.0 Å². The molecule has 0 bridgehead atoms. The number of nitrogens with zero attached hydrogens (tertiary/aromatic N) is 2. The Balaban J connectivity index is 1.84. The average Bonchev–Trinajstić information content (AvgIpc) is 3.52. The van der Waals surface area contributed by atoms with E-state index in [2.05, 4.69) is 23.4 Å². The van der Waals surface area contributed by atoms with Gasteiger partial charge in [0.05, 0.1) is 20.8 Å². The van der Waals surface area contributed by atoms with Gasteiger partial charge in [0, 0.05) is 35.0 Å². The quantitative estimate of drug-likeness (QED) is 0.344. The Morgan fingerprint density at radius 3 is 2.35 bits per heavy atom. The van der Waals surface area contributed by atoms with Gasteiger partial charge in [-0.2, -0.15) is 8.42 Å². The molecule has 0 fully saturated rings. The first-order chi connectivity index (χ1) is 17.6. The molecule has 37 heavy (non-hydrogen) atoms. The third kappa shape index (κ3) is 7.28. The van der Waals surface area contributed by atoms with Gasteiger partial charge in [-0.15, -0.1) is 22.7 Å². The first-order valence-corrected chi connectivity index (χ1v) is 14.6. The van der Waals surface area contributed by atoms with Crippen molar-refractivity contribution in [2.75, 3.05) is 27.8 Å². The van der Waals surface area contributed by atoms with E-state index in [-0.39, 0.29) is 18.1 Å². The smallest absolute Gasteiger partial charge is 0.301 e. The molecule has 2 heterocycles. The Kier molecular flexibility index (Phi) is 9.65. The number of methoxy groups -OCH3 is 2. The van der Waals surface area contributed by atoms with Crippen LogP contribution < -0.4 is 18.9 Å². The summed E-state index contributed by atoms with van der Waals surface area (Å²) in [6.07, 6.45) is 1.55. The minimum atomic E-state index is -3.96. The van der Waals surface area contributed by atoms with E-state index in [1.807, 2.05) is 16.4 Å². The highest BCUT2D eigenvalue weighted by molar-refractivity contribution is 7.88. The maximum absolute atomic E-state index is 13.7. The molecule has 0 atom stereocenters. The lowest BCUT2D eigenvalue weighted by Crippen LogP contribution is -2.38. The molecular weight excluding hydrogens is 536 g/mol. The maximum Gasteiger partial charge on any atom is 0.301 e. The molecule has 0 saturated carbocycles. The lowest BCUT2D eigenvalue weighted by atomic mass is 10.1. The Morgan fingerprint density at radius 1 is 1.11 bits per heavy atom. The van der Waals surface area contributed by atoms with Crippen molar-refractivity contribution in [2.45, 2.75) is 33.2 Å².